The molecule has 17 heavy (non-hydrogen) atoms. The number of piperidine rings is 1. The summed E-state index contributed by atoms with van der Waals surface area (Å²) >= 11 is 3.32. The SMILES string of the molecule is CC1(C)C2C(=O)N(c3ncccc3Br)C(=O)C21. The molecule has 2 atom stereocenters. The van der Waals surface area contributed by atoms with E-state index in [1.165, 1.54) is 4.90 Å². The molecule has 2 amide bonds. The Balaban J connectivity index is 2.02. The van der Waals surface area contributed by atoms with Crippen molar-refractivity contribution >= 4 is 33.6 Å². The first-order chi connectivity index (χ1) is 7.96. The Morgan fingerprint density at radius 2 is 1.88 bits per heavy atom. The quantitative estimate of drug-likeness (QED) is 0.744. The summed E-state index contributed by atoms with van der Waals surface area (Å²) in [7, 11) is 0. The van der Waals surface area contributed by atoms with Crippen LogP contribution in [0.3, 0.4) is 0 Å². The van der Waals surface area contributed by atoms with Crippen LogP contribution < -0.4 is 4.90 Å². The van der Waals surface area contributed by atoms with Crippen molar-refractivity contribution in [2.24, 2.45) is 17.3 Å². The van der Waals surface area contributed by atoms with Crippen LogP contribution in [0.2, 0.25) is 0 Å². The Hall–Kier alpha value is -1.23. The van der Waals surface area contributed by atoms with Gasteiger partial charge in [-0.2, -0.15) is 0 Å². The number of aromatic nitrogens is 1. The molecule has 1 saturated carbocycles. The number of fused-ring (bicyclic) bond motifs is 1. The maximum absolute atomic E-state index is 12.2. The molecule has 0 radical (unpaired) electrons. The number of imide groups is 1. The van der Waals surface area contributed by atoms with Gasteiger partial charge >= 0.3 is 0 Å². The minimum absolute atomic E-state index is 0.121. The standard InChI is InChI=1S/C12H11BrN2O2/c1-12(2)7-8(12)11(17)15(10(7)16)9-6(13)4-3-5-14-9/h3-5,7-8H,1-2H3. The molecular weight excluding hydrogens is 284 g/mol. The van der Waals surface area contributed by atoms with Crippen LogP contribution in [0.15, 0.2) is 22.8 Å². The van der Waals surface area contributed by atoms with Gasteiger partial charge in [0.05, 0.1) is 16.3 Å². The Morgan fingerprint density at radius 1 is 1.29 bits per heavy atom. The number of hydrogen-bond donors (Lipinski definition) is 0. The lowest BCUT2D eigenvalue weighted by Gasteiger charge is -2.20. The largest absolute Gasteiger partial charge is 0.274 e. The van der Waals surface area contributed by atoms with Crippen LogP contribution in [0, 0.1) is 17.3 Å². The van der Waals surface area contributed by atoms with E-state index in [4.69, 9.17) is 0 Å². The van der Waals surface area contributed by atoms with Gasteiger partial charge in [-0.15, -0.1) is 0 Å². The Morgan fingerprint density at radius 3 is 2.41 bits per heavy atom. The van der Waals surface area contributed by atoms with Gasteiger partial charge in [0.25, 0.3) is 0 Å². The highest BCUT2D eigenvalue weighted by Crippen LogP contribution is 2.63. The molecule has 0 aromatic carbocycles. The number of nitrogens with zero attached hydrogens (tertiary/aromatic N) is 2. The second-order valence-corrected chi connectivity index (χ2v) is 5.95. The summed E-state index contributed by atoms with van der Waals surface area (Å²) in [5, 5.41) is 0. The topological polar surface area (TPSA) is 50.3 Å². The molecule has 1 aliphatic heterocycles. The highest BCUT2D eigenvalue weighted by Gasteiger charge is 2.73. The van der Waals surface area contributed by atoms with Gasteiger partial charge in [-0.25, -0.2) is 9.88 Å². The summed E-state index contributed by atoms with van der Waals surface area (Å²) in [6, 6.07) is 3.53. The van der Waals surface area contributed by atoms with Crippen LogP contribution in [0.1, 0.15) is 13.8 Å². The van der Waals surface area contributed by atoms with E-state index in [1.807, 2.05) is 13.8 Å². The van der Waals surface area contributed by atoms with E-state index in [0.717, 1.165) is 0 Å². The van der Waals surface area contributed by atoms with Crippen molar-refractivity contribution < 1.29 is 9.59 Å². The minimum Gasteiger partial charge on any atom is -0.274 e. The first kappa shape index (κ1) is 10.9. The molecule has 1 aliphatic carbocycles. The first-order valence-corrected chi connectivity index (χ1v) is 6.24. The molecular formula is C12H11BrN2O2. The third-order valence-corrected chi connectivity index (χ3v) is 4.37. The average molecular weight is 295 g/mol. The minimum atomic E-state index is -0.175. The monoisotopic (exact) mass is 294 g/mol. The predicted octanol–water partition coefficient (Wildman–Crippen LogP) is 1.99. The second-order valence-electron chi connectivity index (χ2n) is 5.10. The van der Waals surface area contributed by atoms with Crippen molar-refractivity contribution in [2.45, 2.75) is 13.8 Å². The van der Waals surface area contributed by atoms with Crippen molar-refractivity contribution in [1.29, 1.82) is 0 Å². The van der Waals surface area contributed by atoms with E-state index in [-0.39, 0.29) is 29.1 Å². The van der Waals surface area contributed by atoms with E-state index in [0.29, 0.717) is 10.3 Å². The van der Waals surface area contributed by atoms with Crippen LogP contribution in [0.25, 0.3) is 0 Å². The lowest BCUT2D eigenvalue weighted by Crippen LogP contribution is -2.37. The number of pyridine rings is 1. The van der Waals surface area contributed by atoms with Crippen molar-refractivity contribution in [3.8, 4) is 0 Å². The van der Waals surface area contributed by atoms with Crippen LogP contribution >= 0.6 is 15.9 Å². The fourth-order valence-electron chi connectivity index (χ4n) is 2.70. The molecule has 0 N–H and O–H groups in total. The molecule has 3 rings (SSSR count). The van der Waals surface area contributed by atoms with Crippen molar-refractivity contribution in [3.63, 3.8) is 0 Å². The van der Waals surface area contributed by atoms with Gasteiger partial charge in [0.1, 0.15) is 0 Å². The number of anilines is 1. The molecule has 2 fully saturated rings. The summed E-state index contributed by atoms with van der Waals surface area (Å²) in [4.78, 5) is 29.7. The summed E-state index contributed by atoms with van der Waals surface area (Å²) < 4.78 is 0.667. The van der Waals surface area contributed by atoms with Crippen molar-refractivity contribution in [3.05, 3.63) is 22.8 Å². The van der Waals surface area contributed by atoms with Crippen molar-refractivity contribution in [2.75, 3.05) is 4.90 Å². The highest BCUT2D eigenvalue weighted by atomic mass is 79.9. The Bertz CT molecular complexity index is 517. The Labute approximate surface area is 107 Å². The number of carbonyl (C=O) groups excluding carboxylic acids is 2. The van der Waals surface area contributed by atoms with Gasteiger partial charge in [0.15, 0.2) is 5.82 Å². The fourth-order valence-corrected chi connectivity index (χ4v) is 3.13. The molecule has 2 aliphatic rings. The number of amides is 2. The van der Waals surface area contributed by atoms with E-state index >= 15 is 0 Å². The van der Waals surface area contributed by atoms with Crippen LogP contribution in [0.4, 0.5) is 5.82 Å². The third-order valence-electron chi connectivity index (χ3n) is 3.75. The van der Waals surface area contributed by atoms with Gasteiger partial charge in [0.2, 0.25) is 11.8 Å². The van der Waals surface area contributed by atoms with Crippen LogP contribution in [-0.4, -0.2) is 16.8 Å². The number of carbonyl (C=O) groups is 2. The first-order valence-electron chi connectivity index (χ1n) is 5.44. The zero-order valence-corrected chi connectivity index (χ0v) is 11.1. The number of halogens is 1. The molecule has 1 aromatic heterocycles. The van der Waals surface area contributed by atoms with E-state index in [9.17, 15) is 9.59 Å². The maximum Gasteiger partial charge on any atom is 0.239 e. The van der Waals surface area contributed by atoms with Crippen LogP contribution in [-0.2, 0) is 9.59 Å². The van der Waals surface area contributed by atoms with E-state index < -0.39 is 0 Å². The zero-order chi connectivity index (χ0) is 12.4. The number of rotatable bonds is 1. The average Bonchev–Trinajstić information content (AvgIpc) is 2.72. The highest BCUT2D eigenvalue weighted by molar-refractivity contribution is 9.10. The predicted molar refractivity (Wildman–Crippen MR) is 65.2 cm³/mol. The van der Waals surface area contributed by atoms with Gasteiger partial charge in [-0.3, -0.25) is 9.59 Å². The summed E-state index contributed by atoms with van der Waals surface area (Å²) in [5.74, 6) is -0.160. The molecule has 4 nitrogen and oxygen atoms in total. The van der Waals surface area contributed by atoms with Gasteiger partial charge in [0, 0.05) is 6.20 Å². The molecule has 0 spiro atoms. The smallest absolute Gasteiger partial charge is 0.239 e. The van der Waals surface area contributed by atoms with Crippen molar-refractivity contribution in [1.82, 2.24) is 4.98 Å². The van der Waals surface area contributed by atoms with E-state index in [1.54, 1.807) is 18.3 Å². The number of hydrogen-bond acceptors (Lipinski definition) is 3. The summed E-state index contributed by atoms with van der Waals surface area (Å²) in [6.07, 6.45) is 1.58. The maximum atomic E-state index is 12.2. The normalized spacial score (nSPS) is 29.5. The molecule has 2 heterocycles. The zero-order valence-electron chi connectivity index (χ0n) is 9.48. The van der Waals surface area contributed by atoms with Gasteiger partial charge in [-0.05, 0) is 33.5 Å². The molecule has 5 heteroatoms. The van der Waals surface area contributed by atoms with Gasteiger partial charge in [-0.1, -0.05) is 13.8 Å². The summed E-state index contributed by atoms with van der Waals surface area (Å²) in [5.41, 5.74) is -0.175. The third kappa shape index (κ3) is 1.26. The molecule has 0 bridgehead atoms. The molecule has 88 valence electrons. The van der Waals surface area contributed by atoms with Crippen LogP contribution in [0.5, 0.6) is 0 Å². The molecule has 1 aromatic rings. The molecule has 2 unspecified atom stereocenters. The summed E-state index contributed by atoms with van der Waals surface area (Å²) in [6.45, 7) is 3.92. The fraction of sp³-hybridized carbons (Fsp3) is 0.417. The Kier molecular flexibility index (Phi) is 2.03. The van der Waals surface area contributed by atoms with Gasteiger partial charge < -0.3 is 0 Å². The lowest BCUT2D eigenvalue weighted by molar-refractivity contribution is -0.125. The molecule has 1 saturated heterocycles. The second kappa shape index (κ2) is 3.16. The van der Waals surface area contributed by atoms with E-state index in [2.05, 4.69) is 20.9 Å². The lowest BCUT2D eigenvalue weighted by atomic mass is 10.1.